The Labute approximate surface area is 170 Å². The Morgan fingerprint density at radius 3 is 2.52 bits per heavy atom. The number of aryl methyl sites for hydroxylation is 1. The van der Waals surface area contributed by atoms with Gasteiger partial charge in [0.15, 0.2) is 0 Å². The number of para-hydroxylation sites is 1. The minimum Gasteiger partial charge on any atom is -0.872 e. The fourth-order valence-corrected chi connectivity index (χ4v) is 4.39. The molecule has 1 aliphatic heterocycles. The van der Waals surface area contributed by atoms with E-state index in [9.17, 15) is 9.90 Å². The van der Waals surface area contributed by atoms with Crippen LogP contribution in [-0.2, 0) is 6.54 Å². The highest BCUT2D eigenvalue weighted by atomic mass is 16.5. The Balaban J connectivity index is 1.86. The zero-order valence-corrected chi connectivity index (χ0v) is 17.0. The van der Waals surface area contributed by atoms with E-state index < -0.39 is 0 Å². The van der Waals surface area contributed by atoms with Crippen molar-refractivity contribution < 1.29 is 19.2 Å². The topological polar surface area (TPSA) is 66.9 Å². The maximum atomic E-state index is 13.4. The van der Waals surface area contributed by atoms with Crippen molar-refractivity contribution in [2.45, 2.75) is 39.2 Å². The van der Waals surface area contributed by atoms with Gasteiger partial charge >= 0.3 is 0 Å². The van der Waals surface area contributed by atoms with Crippen molar-refractivity contribution in [1.82, 2.24) is 0 Å². The Bertz CT molecular complexity index is 1080. The molecule has 3 aromatic rings. The van der Waals surface area contributed by atoms with Gasteiger partial charge in [0.1, 0.15) is 23.6 Å². The lowest BCUT2D eigenvalue weighted by molar-refractivity contribution is -0.913. The molecule has 2 aromatic carbocycles. The summed E-state index contributed by atoms with van der Waals surface area (Å²) in [5.74, 6) is 1.07. The lowest BCUT2D eigenvalue weighted by Crippen LogP contribution is -3.10. The van der Waals surface area contributed by atoms with Crippen molar-refractivity contribution in [2.75, 3.05) is 20.2 Å². The molecule has 5 heteroatoms. The van der Waals surface area contributed by atoms with Crippen LogP contribution in [0.1, 0.15) is 37.0 Å². The third-order valence-corrected chi connectivity index (χ3v) is 5.91. The molecule has 1 aliphatic rings. The molecule has 5 nitrogen and oxygen atoms in total. The van der Waals surface area contributed by atoms with Gasteiger partial charge in [0, 0.05) is 11.1 Å². The van der Waals surface area contributed by atoms with E-state index >= 15 is 0 Å². The molecule has 2 heterocycles. The minimum absolute atomic E-state index is 0.0539. The van der Waals surface area contributed by atoms with E-state index in [2.05, 4.69) is 0 Å². The standard InChI is InChI=1S/C24H27NO4/c1-16-22(17-9-5-6-10-21(17)28-2)23(27)18-11-12-20(26)19(24(18)29-16)15-25-13-7-3-4-8-14-25/h5-6,9-12,26H,3-4,7-8,13-15H2,1-2H3. The first-order valence-corrected chi connectivity index (χ1v) is 10.3. The van der Waals surface area contributed by atoms with Crippen molar-refractivity contribution in [3.8, 4) is 22.6 Å². The van der Waals surface area contributed by atoms with E-state index in [0.29, 0.717) is 45.7 Å². The molecule has 0 amide bonds. The van der Waals surface area contributed by atoms with Gasteiger partial charge in [0.05, 0.1) is 31.1 Å². The molecular weight excluding hydrogens is 366 g/mol. The number of ether oxygens (including phenoxy) is 1. The first-order chi connectivity index (χ1) is 14.1. The van der Waals surface area contributed by atoms with Crippen LogP contribution in [0.3, 0.4) is 0 Å². The van der Waals surface area contributed by atoms with Crippen molar-refractivity contribution in [3.05, 3.63) is 57.9 Å². The Hall–Kier alpha value is -2.79. The van der Waals surface area contributed by atoms with E-state index in [1.165, 1.54) is 36.6 Å². The zero-order valence-electron chi connectivity index (χ0n) is 17.0. The molecule has 0 atom stereocenters. The predicted octanol–water partition coefficient (Wildman–Crippen LogP) is 2.81. The fraction of sp³-hybridized carbons (Fsp3) is 0.375. The van der Waals surface area contributed by atoms with E-state index in [0.717, 1.165) is 13.1 Å². The summed E-state index contributed by atoms with van der Waals surface area (Å²) in [6, 6.07) is 10.5. The predicted molar refractivity (Wildman–Crippen MR) is 112 cm³/mol. The first kappa shape index (κ1) is 19.5. The number of fused-ring (bicyclic) bond motifs is 1. The van der Waals surface area contributed by atoms with Gasteiger partial charge in [-0.2, -0.15) is 0 Å². The second-order valence-electron chi connectivity index (χ2n) is 7.82. The van der Waals surface area contributed by atoms with E-state index in [4.69, 9.17) is 9.15 Å². The average Bonchev–Trinajstić information content (AvgIpc) is 2.99. The van der Waals surface area contributed by atoms with Gasteiger partial charge < -0.3 is 19.2 Å². The lowest BCUT2D eigenvalue weighted by Gasteiger charge is -2.22. The Kier molecular flexibility index (Phi) is 5.58. The third-order valence-electron chi connectivity index (χ3n) is 5.91. The van der Waals surface area contributed by atoms with E-state index in [-0.39, 0.29) is 11.2 Å². The molecule has 152 valence electrons. The zero-order chi connectivity index (χ0) is 20.4. The molecule has 1 aromatic heterocycles. The van der Waals surface area contributed by atoms with Crippen molar-refractivity contribution in [1.29, 1.82) is 0 Å². The highest BCUT2D eigenvalue weighted by Crippen LogP contribution is 2.33. The quantitative estimate of drug-likeness (QED) is 0.740. The number of hydrogen-bond donors (Lipinski definition) is 1. The molecular formula is C24H27NO4. The highest BCUT2D eigenvalue weighted by molar-refractivity contribution is 5.87. The number of likely N-dealkylation sites (tertiary alicyclic amines) is 1. The molecule has 29 heavy (non-hydrogen) atoms. The maximum Gasteiger partial charge on any atom is 0.200 e. The van der Waals surface area contributed by atoms with Crippen molar-refractivity contribution in [3.63, 3.8) is 0 Å². The molecule has 0 saturated carbocycles. The van der Waals surface area contributed by atoms with Crippen molar-refractivity contribution >= 4 is 11.0 Å². The van der Waals surface area contributed by atoms with Crippen LogP contribution in [-0.4, -0.2) is 20.2 Å². The second kappa shape index (κ2) is 8.29. The van der Waals surface area contributed by atoms with Gasteiger partial charge in [-0.3, -0.25) is 4.79 Å². The fourth-order valence-electron chi connectivity index (χ4n) is 4.39. The van der Waals surface area contributed by atoms with Crippen LogP contribution in [0, 0.1) is 6.92 Å². The Morgan fingerprint density at radius 1 is 1.07 bits per heavy atom. The summed E-state index contributed by atoms with van der Waals surface area (Å²) in [5, 5.41) is 13.1. The summed E-state index contributed by atoms with van der Waals surface area (Å²) in [6.45, 7) is 4.49. The number of nitrogens with one attached hydrogen (secondary N) is 1. The molecule has 1 saturated heterocycles. The summed E-state index contributed by atoms with van der Waals surface area (Å²) < 4.78 is 11.6. The van der Waals surface area contributed by atoms with Crippen LogP contribution in [0.25, 0.3) is 22.1 Å². The van der Waals surface area contributed by atoms with E-state index in [1.807, 2.05) is 24.3 Å². The third kappa shape index (κ3) is 3.75. The molecule has 0 aliphatic carbocycles. The van der Waals surface area contributed by atoms with Gasteiger partial charge in [-0.1, -0.05) is 30.0 Å². The SMILES string of the molecule is COc1ccccc1-c1c(C)oc2c(C[NH+]3CCCCCC3)c([O-])ccc2c1=O. The number of methoxy groups -OCH3 is 1. The second-order valence-corrected chi connectivity index (χ2v) is 7.82. The summed E-state index contributed by atoms with van der Waals surface area (Å²) in [4.78, 5) is 14.8. The van der Waals surface area contributed by atoms with Gasteiger partial charge in [-0.25, -0.2) is 0 Å². The molecule has 0 unspecified atom stereocenters. The number of quaternary nitrogens is 1. The van der Waals surface area contributed by atoms with Crippen LogP contribution in [0.2, 0.25) is 0 Å². The van der Waals surface area contributed by atoms with Gasteiger partial charge in [0.2, 0.25) is 5.43 Å². The van der Waals surface area contributed by atoms with Gasteiger partial charge in [-0.05, 0) is 44.7 Å². The average molecular weight is 393 g/mol. The molecule has 0 bridgehead atoms. The van der Waals surface area contributed by atoms with Crippen molar-refractivity contribution in [2.24, 2.45) is 0 Å². The summed E-state index contributed by atoms with van der Waals surface area (Å²) in [6.07, 6.45) is 4.85. The number of benzene rings is 2. The molecule has 0 radical (unpaired) electrons. The van der Waals surface area contributed by atoms with Crippen LogP contribution >= 0.6 is 0 Å². The lowest BCUT2D eigenvalue weighted by atomic mass is 10.00. The minimum atomic E-state index is -0.125. The number of rotatable bonds is 4. The largest absolute Gasteiger partial charge is 0.872 e. The first-order valence-electron chi connectivity index (χ1n) is 10.3. The molecule has 4 rings (SSSR count). The molecule has 1 N–H and O–H groups in total. The summed E-state index contributed by atoms with van der Waals surface area (Å²) in [5.41, 5.74) is 2.12. The Morgan fingerprint density at radius 2 is 1.79 bits per heavy atom. The number of hydrogen-bond acceptors (Lipinski definition) is 4. The van der Waals surface area contributed by atoms with Gasteiger partial charge in [-0.15, -0.1) is 0 Å². The normalized spacial score (nSPS) is 15.4. The van der Waals surface area contributed by atoms with Crippen LogP contribution in [0.5, 0.6) is 11.5 Å². The summed E-state index contributed by atoms with van der Waals surface area (Å²) in [7, 11) is 1.59. The monoisotopic (exact) mass is 393 g/mol. The highest BCUT2D eigenvalue weighted by Gasteiger charge is 2.21. The van der Waals surface area contributed by atoms with Crippen LogP contribution in [0.4, 0.5) is 0 Å². The van der Waals surface area contributed by atoms with Gasteiger partial charge in [0.25, 0.3) is 0 Å². The molecule has 1 fully saturated rings. The summed E-state index contributed by atoms with van der Waals surface area (Å²) >= 11 is 0. The van der Waals surface area contributed by atoms with Crippen LogP contribution in [0.15, 0.2) is 45.6 Å². The van der Waals surface area contributed by atoms with E-state index in [1.54, 1.807) is 20.1 Å². The maximum absolute atomic E-state index is 13.4. The van der Waals surface area contributed by atoms with Crippen LogP contribution < -0.4 is 20.2 Å². The molecule has 0 spiro atoms. The smallest absolute Gasteiger partial charge is 0.200 e.